The summed E-state index contributed by atoms with van der Waals surface area (Å²) in [6, 6.07) is 1.56. The SMILES string of the molecule is Cc1cc(C(N)=O)nc(C2(C)CCCN2C(=O)c2cncs2)n1. The van der Waals surface area contributed by atoms with Crippen LogP contribution < -0.4 is 5.73 Å². The third-order valence-electron chi connectivity index (χ3n) is 4.12. The third-order valence-corrected chi connectivity index (χ3v) is 4.88. The van der Waals surface area contributed by atoms with Crippen molar-refractivity contribution in [1.29, 1.82) is 0 Å². The Morgan fingerprint density at radius 2 is 2.17 bits per heavy atom. The molecule has 1 unspecified atom stereocenters. The van der Waals surface area contributed by atoms with E-state index in [1.54, 1.807) is 29.6 Å². The third kappa shape index (κ3) is 2.70. The number of hydrogen-bond acceptors (Lipinski definition) is 6. The Morgan fingerprint density at radius 3 is 2.83 bits per heavy atom. The Balaban J connectivity index is 2.03. The first-order chi connectivity index (χ1) is 10.9. The minimum atomic E-state index is -0.655. The molecule has 2 aromatic rings. The summed E-state index contributed by atoms with van der Waals surface area (Å²) >= 11 is 1.31. The molecule has 0 aromatic carbocycles. The fourth-order valence-electron chi connectivity index (χ4n) is 2.91. The van der Waals surface area contributed by atoms with E-state index in [1.165, 1.54) is 11.3 Å². The van der Waals surface area contributed by atoms with Crippen molar-refractivity contribution in [2.75, 3.05) is 6.54 Å². The monoisotopic (exact) mass is 331 g/mol. The lowest BCUT2D eigenvalue weighted by Crippen LogP contribution is -2.44. The molecule has 23 heavy (non-hydrogen) atoms. The number of hydrogen-bond donors (Lipinski definition) is 1. The highest BCUT2D eigenvalue weighted by Crippen LogP contribution is 2.38. The van der Waals surface area contributed by atoms with Crippen LogP contribution in [0.3, 0.4) is 0 Å². The van der Waals surface area contributed by atoms with Crippen LogP contribution in [0.25, 0.3) is 0 Å². The number of likely N-dealkylation sites (tertiary alicyclic amines) is 1. The van der Waals surface area contributed by atoms with Crippen LogP contribution in [-0.4, -0.2) is 38.2 Å². The van der Waals surface area contributed by atoms with E-state index in [0.29, 0.717) is 22.9 Å². The fourth-order valence-corrected chi connectivity index (χ4v) is 3.48. The molecular formula is C15H17N5O2S. The second-order valence-corrected chi connectivity index (χ2v) is 6.67. The maximum atomic E-state index is 12.7. The summed E-state index contributed by atoms with van der Waals surface area (Å²) in [4.78, 5) is 39.3. The van der Waals surface area contributed by atoms with Crippen molar-refractivity contribution in [2.24, 2.45) is 5.73 Å². The molecule has 1 fully saturated rings. The molecule has 0 aliphatic carbocycles. The number of amides is 2. The molecule has 3 rings (SSSR count). The van der Waals surface area contributed by atoms with Crippen LogP contribution in [0, 0.1) is 6.92 Å². The molecule has 2 amide bonds. The van der Waals surface area contributed by atoms with E-state index in [4.69, 9.17) is 5.73 Å². The van der Waals surface area contributed by atoms with Gasteiger partial charge in [-0.1, -0.05) is 0 Å². The van der Waals surface area contributed by atoms with Crippen LogP contribution in [0.2, 0.25) is 0 Å². The van der Waals surface area contributed by atoms with Gasteiger partial charge >= 0.3 is 0 Å². The van der Waals surface area contributed by atoms with Crippen molar-refractivity contribution in [3.05, 3.63) is 39.9 Å². The van der Waals surface area contributed by atoms with E-state index < -0.39 is 11.4 Å². The summed E-state index contributed by atoms with van der Waals surface area (Å²) in [6.45, 7) is 4.33. The van der Waals surface area contributed by atoms with E-state index in [1.807, 2.05) is 6.92 Å². The zero-order chi connectivity index (χ0) is 16.6. The number of primary amides is 1. The number of carbonyl (C=O) groups excluding carboxylic acids is 2. The highest BCUT2D eigenvalue weighted by atomic mass is 32.1. The standard InChI is InChI=1S/C15H17N5O2S/c1-9-6-10(12(16)21)19-14(18-9)15(2)4-3-5-20(15)13(22)11-7-17-8-23-11/h6-8H,3-5H2,1-2H3,(H2,16,21). The molecule has 8 heteroatoms. The zero-order valence-electron chi connectivity index (χ0n) is 12.9. The molecule has 2 aromatic heterocycles. The van der Waals surface area contributed by atoms with E-state index in [9.17, 15) is 9.59 Å². The zero-order valence-corrected chi connectivity index (χ0v) is 13.8. The lowest BCUT2D eigenvalue weighted by Gasteiger charge is -2.33. The largest absolute Gasteiger partial charge is 0.364 e. The first-order valence-corrected chi connectivity index (χ1v) is 8.16. The molecule has 1 atom stereocenters. The molecule has 2 N–H and O–H groups in total. The lowest BCUT2D eigenvalue weighted by atomic mass is 9.97. The number of thiazole rings is 1. The summed E-state index contributed by atoms with van der Waals surface area (Å²) in [6.07, 6.45) is 3.15. The van der Waals surface area contributed by atoms with Gasteiger partial charge in [0.25, 0.3) is 11.8 Å². The van der Waals surface area contributed by atoms with Crippen molar-refractivity contribution < 1.29 is 9.59 Å². The normalized spacial score (nSPS) is 20.7. The maximum absolute atomic E-state index is 12.7. The predicted molar refractivity (Wildman–Crippen MR) is 85.0 cm³/mol. The number of nitrogens with two attached hydrogens (primary N) is 1. The van der Waals surface area contributed by atoms with Crippen LogP contribution in [0.1, 0.15) is 51.4 Å². The van der Waals surface area contributed by atoms with E-state index >= 15 is 0 Å². The van der Waals surface area contributed by atoms with Gasteiger partial charge in [-0.15, -0.1) is 11.3 Å². The highest BCUT2D eigenvalue weighted by molar-refractivity contribution is 7.11. The number of aryl methyl sites for hydroxylation is 1. The van der Waals surface area contributed by atoms with Crippen molar-refractivity contribution in [3.8, 4) is 0 Å². The topological polar surface area (TPSA) is 102 Å². The predicted octanol–water partition coefficient (Wildman–Crippen LogP) is 1.49. The Bertz CT molecular complexity index is 761. The molecule has 0 radical (unpaired) electrons. The van der Waals surface area contributed by atoms with Crippen LogP contribution in [0.4, 0.5) is 0 Å². The Kier molecular flexibility index (Phi) is 3.85. The number of aromatic nitrogens is 3. The molecule has 0 bridgehead atoms. The van der Waals surface area contributed by atoms with Gasteiger partial charge in [-0.25, -0.2) is 9.97 Å². The van der Waals surface area contributed by atoms with Gasteiger partial charge < -0.3 is 10.6 Å². The summed E-state index contributed by atoms with van der Waals surface area (Å²) in [7, 11) is 0. The van der Waals surface area contributed by atoms with E-state index in [0.717, 1.165) is 12.8 Å². The van der Waals surface area contributed by atoms with Crippen LogP contribution >= 0.6 is 11.3 Å². The summed E-state index contributed by atoms with van der Waals surface area (Å²) in [5.41, 5.74) is 7.15. The van der Waals surface area contributed by atoms with Crippen molar-refractivity contribution >= 4 is 23.2 Å². The van der Waals surface area contributed by atoms with Gasteiger partial charge in [-0.2, -0.15) is 0 Å². The molecule has 0 saturated carbocycles. The molecule has 1 saturated heterocycles. The lowest BCUT2D eigenvalue weighted by molar-refractivity contribution is 0.0608. The van der Waals surface area contributed by atoms with Gasteiger partial charge in [-0.3, -0.25) is 14.6 Å². The number of carbonyl (C=O) groups is 2. The average molecular weight is 331 g/mol. The molecule has 120 valence electrons. The molecular weight excluding hydrogens is 314 g/mol. The van der Waals surface area contributed by atoms with Gasteiger partial charge in [0.15, 0.2) is 5.82 Å². The second kappa shape index (κ2) is 5.69. The van der Waals surface area contributed by atoms with Crippen LogP contribution in [0.15, 0.2) is 17.8 Å². The Labute approximate surface area is 137 Å². The van der Waals surface area contributed by atoms with Crippen LogP contribution in [0.5, 0.6) is 0 Å². The van der Waals surface area contributed by atoms with Crippen LogP contribution in [-0.2, 0) is 5.54 Å². The number of rotatable bonds is 3. The minimum absolute atomic E-state index is 0.0850. The highest BCUT2D eigenvalue weighted by Gasteiger charge is 2.44. The quantitative estimate of drug-likeness (QED) is 0.918. The molecule has 3 heterocycles. The summed E-state index contributed by atoms with van der Waals surface area (Å²) in [5.74, 6) is -0.224. The Morgan fingerprint density at radius 1 is 1.39 bits per heavy atom. The van der Waals surface area contributed by atoms with Crippen molar-refractivity contribution in [3.63, 3.8) is 0 Å². The summed E-state index contributed by atoms with van der Waals surface area (Å²) < 4.78 is 0. The Hall–Kier alpha value is -2.35. The fraction of sp³-hybridized carbons (Fsp3) is 0.400. The van der Waals surface area contributed by atoms with E-state index in [-0.39, 0.29) is 11.6 Å². The van der Waals surface area contributed by atoms with Gasteiger partial charge in [0.2, 0.25) is 0 Å². The molecule has 1 aliphatic heterocycles. The molecule has 7 nitrogen and oxygen atoms in total. The summed E-state index contributed by atoms with van der Waals surface area (Å²) in [5, 5.41) is 0. The molecule has 1 aliphatic rings. The first kappa shape index (κ1) is 15.5. The van der Waals surface area contributed by atoms with Crippen molar-refractivity contribution in [2.45, 2.75) is 32.2 Å². The van der Waals surface area contributed by atoms with Gasteiger partial charge in [-0.05, 0) is 32.8 Å². The van der Waals surface area contributed by atoms with Gasteiger partial charge in [0.1, 0.15) is 16.1 Å². The van der Waals surface area contributed by atoms with Gasteiger partial charge in [0, 0.05) is 12.2 Å². The smallest absolute Gasteiger partial charge is 0.267 e. The average Bonchev–Trinajstić information content (AvgIpc) is 3.16. The molecule has 0 spiro atoms. The second-order valence-electron chi connectivity index (χ2n) is 5.78. The maximum Gasteiger partial charge on any atom is 0.267 e. The number of nitrogens with zero attached hydrogens (tertiary/aromatic N) is 4. The van der Waals surface area contributed by atoms with Gasteiger partial charge in [0.05, 0.1) is 11.7 Å². The first-order valence-electron chi connectivity index (χ1n) is 7.28. The minimum Gasteiger partial charge on any atom is -0.364 e. The van der Waals surface area contributed by atoms with E-state index in [2.05, 4.69) is 15.0 Å². The van der Waals surface area contributed by atoms with Crippen molar-refractivity contribution in [1.82, 2.24) is 19.9 Å².